The van der Waals surface area contributed by atoms with Crippen LogP contribution in [0, 0.1) is 0 Å². The number of amides is 1. The molecule has 1 aliphatic rings. The number of carbonyl (C=O) groups excluding carboxylic acids is 1. The fourth-order valence-corrected chi connectivity index (χ4v) is 4.94. The number of carbonyl (C=O) groups is 1. The second-order valence-electron chi connectivity index (χ2n) is 8.00. The van der Waals surface area contributed by atoms with Gasteiger partial charge >= 0.3 is 0 Å². The molecule has 0 aliphatic carbocycles. The highest BCUT2D eigenvalue weighted by Gasteiger charge is 2.28. The molecule has 1 amide bonds. The van der Waals surface area contributed by atoms with Crippen LogP contribution in [0.5, 0.6) is 5.75 Å². The van der Waals surface area contributed by atoms with E-state index in [0.717, 1.165) is 11.3 Å². The normalized spacial score (nSPS) is 15.8. The highest BCUT2D eigenvalue weighted by atomic mass is 32.2. The topological polar surface area (TPSA) is 118 Å². The number of nitrogens with zero attached hydrogens (tertiary/aromatic N) is 4. The van der Waals surface area contributed by atoms with E-state index in [4.69, 9.17) is 9.26 Å². The molecular weight excluding hydrogens is 458 g/mol. The Morgan fingerprint density at radius 3 is 2.41 bits per heavy atom. The molecule has 1 atom stereocenters. The number of ether oxygens (including phenoxy) is 1. The third-order valence-corrected chi connectivity index (χ3v) is 7.17. The molecular formula is C23H27N5O5S. The molecule has 0 radical (unpaired) electrons. The number of piperazine rings is 1. The van der Waals surface area contributed by atoms with Crippen LogP contribution >= 0.6 is 0 Å². The Morgan fingerprint density at radius 1 is 1.09 bits per heavy atom. The Kier molecular flexibility index (Phi) is 7.25. The zero-order valence-corrected chi connectivity index (χ0v) is 19.9. The number of rotatable bonds is 8. The van der Waals surface area contributed by atoms with Gasteiger partial charge in [-0.2, -0.15) is 9.71 Å². The predicted octanol–water partition coefficient (Wildman–Crippen LogP) is 1.76. The minimum Gasteiger partial charge on any atom is -0.497 e. The smallest absolute Gasteiger partial charge is 0.241 e. The Morgan fingerprint density at radius 2 is 1.76 bits per heavy atom. The van der Waals surface area contributed by atoms with Gasteiger partial charge in [0.05, 0.1) is 24.6 Å². The molecule has 34 heavy (non-hydrogen) atoms. The molecule has 0 spiro atoms. The second kappa shape index (κ2) is 10.3. The van der Waals surface area contributed by atoms with Crippen LogP contribution in [-0.2, 0) is 21.4 Å². The summed E-state index contributed by atoms with van der Waals surface area (Å²) in [5.74, 6) is 1.50. The van der Waals surface area contributed by atoms with Gasteiger partial charge in [-0.3, -0.25) is 9.69 Å². The number of sulfonamides is 1. The summed E-state index contributed by atoms with van der Waals surface area (Å²) in [5.41, 5.74) is 0.832. The van der Waals surface area contributed by atoms with Gasteiger partial charge in [0.1, 0.15) is 5.75 Å². The van der Waals surface area contributed by atoms with Gasteiger partial charge < -0.3 is 14.2 Å². The molecule has 11 heteroatoms. The van der Waals surface area contributed by atoms with Crippen molar-refractivity contribution < 1.29 is 22.5 Å². The van der Waals surface area contributed by atoms with Gasteiger partial charge in [-0.15, -0.1) is 0 Å². The van der Waals surface area contributed by atoms with Crippen molar-refractivity contribution in [1.82, 2.24) is 24.7 Å². The lowest BCUT2D eigenvalue weighted by Gasteiger charge is -2.35. The van der Waals surface area contributed by atoms with E-state index in [1.165, 1.54) is 12.1 Å². The van der Waals surface area contributed by atoms with E-state index < -0.39 is 16.1 Å². The zero-order valence-electron chi connectivity index (χ0n) is 19.0. The molecule has 1 N–H and O–H groups in total. The first-order chi connectivity index (χ1) is 16.4. The van der Waals surface area contributed by atoms with Gasteiger partial charge in [-0.05, 0) is 43.3 Å². The van der Waals surface area contributed by atoms with Crippen molar-refractivity contribution in [2.24, 2.45) is 0 Å². The first-order valence-electron chi connectivity index (χ1n) is 10.9. The van der Waals surface area contributed by atoms with E-state index in [-0.39, 0.29) is 10.8 Å². The van der Waals surface area contributed by atoms with Crippen LogP contribution < -0.4 is 9.46 Å². The Hall–Kier alpha value is -3.28. The highest BCUT2D eigenvalue weighted by Crippen LogP contribution is 2.20. The lowest BCUT2D eigenvalue weighted by atomic mass is 10.2. The summed E-state index contributed by atoms with van der Waals surface area (Å²) in [6.07, 6.45) is 0. The summed E-state index contributed by atoms with van der Waals surface area (Å²) >= 11 is 0. The number of nitrogens with one attached hydrogen (secondary N) is 1. The van der Waals surface area contributed by atoms with E-state index in [0.29, 0.717) is 44.4 Å². The summed E-state index contributed by atoms with van der Waals surface area (Å²) in [5, 5.41) is 4.05. The van der Waals surface area contributed by atoms with Gasteiger partial charge in [0, 0.05) is 31.7 Å². The third kappa shape index (κ3) is 5.61. The van der Waals surface area contributed by atoms with Crippen molar-refractivity contribution in [3.05, 3.63) is 60.5 Å². The molecule has 2 heterocycles. The summed E-state index contributed by atoms with van der Waals surface area (Å²) < 4.78 is 38.0. The van der Waals surface area contributed by atoms with Gasteiger partial charge in [-0.25, -0.2) is 8.42 Å². The van der Waals surface area contributed by atoms with E-state index in [1.807, 2.05) is 24.3 Å². The molecule has 3 aromatic rings. The number of hydrogen-bond acceptors (Lipinski definition) is 8. The monoisotopic (exact) mass is 485 g/mol. The first-order valence-corrected chi connectivity index (χ1v) is 12.4. The lowest BCUT2D eigenvalue weighted by molar-refractivity contribution is -0.134. The molecule has 1 aromatic heterocycles. The summed E-state index contributed by atoms with van der Waals surface area (Å²) in [4.78, 5) is 21.2. The number of hydrogen-bond donors (Lipinski definition) is 1. The predicted molar refractivity (Wildman–Crippen MR) is 124 cm³/mol. The van der Waals surface area contributed by atoms with Crippen LogP contribution in [-0.4, -0.2) is 73.6 Å². The van der Waals surface area contributed by atoms with Crippen LogP contribution in [0.2, 0.25) is 0 Å². The lowest BCUT2D eigenvalue weighted by Crippen LogP contribution is -2.53. The largest absolute Gasteiger partial charge is 0.497 e. The number of benzene rings is 2. The second-order valence-corrected chi connectivity index (χ2v) is 9.71. The molecule has 0 unspecified atom stereocenters. The van der Waals surface area contributed by atoms with Crippen molar-refractivity contribution in [1.29, 1.82) is 0 Å². The zero-order chi connectivity index (χ0) is 24.1. The average Bonchev–Trinajstić information content (AvgIpc) is 3.33. The Labute approximate surface area is 198 Å². The molecule has 1 aliphatic heterocycles. The molecule has 1 fully saturated rings. The van der Waals surface area contributed by atoms with Crippen LogP contribution in [0.3, 0.4) is 0 Å². The minimum atomic E-state index is -3.76. The molecule has 0 saturated carbocycles. The molecule has 10 nitrogen and oxygen atoms in total. The molecule has 2 aromatic carbocycles. The van der Waals surface area contributed by atoms with E-state index in [1.54, 1.807) is 37.1 Å². The van der Waals surface area contributed by atoms with Gasteiger partial charge in [0.25, 0.3) is 0 Å². The fourth-order valence-electron chi connectivity index (χ4n) is 3.72. The van der Waals surface area contributed by atoms with Gasteiger partial charge in [-0.1, -0.05) is 23.4 Å². The maximum atomic E-state index is 12.8. The molecule has 180 valence electrons. The average molecular weight is 486 g/mol. The number of methoxy groups -OCH3 is 1. The van der Waals surface area contributed by atoms with Crippen LogP contribution in [0.25, 0.3) is 11.4 Å². The van der Waals surface area contributed by atoms with Crippen molar-refractivity contribution in [3.63, 3.8) is 0 Å². The van der Waals surface area contributed by atoms with Gasteiger partial charge in [0.15, 0.2) is 0 Å². The Bertz CT molecular complexity index is 1210. The number of aromatic nitrogens is 2. The van der Waals surface area contributed by atoms with Crippen molar-refractivity contribution in [2.75, 3.05) is 33.3 Å². The molecule has 1 saturated heterocycles. The van der Waals surface area contributed by atoms with Crippen LogP contribution in [0.4, 0.5) is 0 Å². The van der Waals surface area contributed by atoms with Crippen molar-refractivity contribution in [3.8, 4) is 17.1 Å². The van der Waals surface area contributed by atoms with E-state index in [2.05, 4.69) is 19.8 Å². The summed E-state index contributed by atoms with van der Waals surface area (Å²) in [6, 6.07) is 14.6. The van der Waals surface area contributed by atoms with E-state index >= 15 is 0 Å². The minimum absolute atomic E-state index is 0.132. The van der Waals surface area contributed by atoms with Crippen molar-refractivity contribution in [2.45, 2.75) is 24.4 Å². The summed E-state index contributed by atoms with van der Waals surface area (Å²) in [6.45, 7) is 4.23. The first kappa shape index (κ1) is 23.9. The standard InChI is InChI=1S/C23H27N5O5S/c1-17(26-34(30,31)20-6-4-3-5-7-20)23(29)28-14-12-27(13-15-28)16-21-24-22(25-33-21)18-8-10-19(32-2)11-9-18/h3-11,17,26H,12-16H2,1-2H3/t17-/m0/s1. The SMILES string of the molecule is COc1ccc(-c2noc(CN3CCN(C(=O)[C@H](C)NS(=O)(=O)c4ccccc4)CC3)n2)cc1. The quantitative estimate of drug-likeness (QED) is 0.513. The molecule has 4 rings (SSSR count). The van der Waals surface area contributed by atoms with Gasteiger partial charge in [0.2, 0.25) is 27.6 Å². The maximum absolute atomic E-state index is 12.8. The Balaban J connectivity index is 1.28. The fraction of sp³-hybridized carbons (Fsp3) is 0.348. The van der Waals surface area contributed by atoms with Crippen molar-refractivity contribution >= 4 is 15.9 Å². The van der Waals surface area contributed by atoms with Crippen LogP contribution in [0.15, 0.2) is 64.0 Å². The molecule has 0 bridgehead atoms. The van der Waals surface area contributed by atoms with E-state index in [9.17, 15) is 13.2 Å². The third-order valence-electron chi connectivity index (χ3n) is 5.61. The maximum Gasteiger partial charge on any atom is 0.241 e. The summed E-state index contributed by atoms with van der Waals surface area (Å²) in [7, 11) is -2.15. The van der Waals surface area contributed by atoms with Crippen LogP contribution in [0.1, 0.15) is 12.8 Å². The highest BCUT2D eigenvalue weighted by molar-refractivity contribution is 7.89.